The molecule has 0 unspecified atom stereocenters. The summed E-state index contributed by atoms with van der Waals surface area (Å²) in [5.74, 6) is 0.690. The fourth-order valence-electron chi connectivity index (χ4n) is 2.54. The molecule has 0 aliphatic carbocycles. The van der Waals surface area contributed by atoms with Crippen molar-refractivity contribution < 1.29 is 8.81 Å². The van der Waals surface area contributed by atoms with E-state index in [1.54, 1.807) is 12.1 Å². The van der Waals surface area contributed by atoms with Crippen LogP contribution in [0.15, 0.2) is 28.7 Å². The number of halogens is 1. The van der Waals surface area contributed by atoms with Gasteiger partial charge in [0, 0.05) is 5.56 Å². The number of benzene rings is 1. The summed E-state index contributed by atoms with van der Waals surface area (Å²) in [4.78, 5) is 2.34. The van der Waals surface area contributed by atoms with Crippen LogP contribution in [0.3, 0.4) is 0 Å². The second-order valence-corrected chi connectivity index (χ2v) is 5.20. The van der Waals surface area contributed by atoms with Crippen molar-refractivity contribution in [2.24, 2.45) is 0 Å². The van der Waals surface area contributed by atoms with E-state index in [9.17, 15) is 4.39 Å². The lowest BCUT2D eigenvalue weighted by atomic mass is 10.2. The zero-order valence-electron chi connectivity index (χ0n) is 11.4. The van der Waals surface area contributed by atoms with Gasteiger partial charge >= 0.3 is 0 Å². The average molecular weight is 275 g/mol. The molecule has 2 heterocycles. The van der Waals surface area contributed by atoms with E-state index in [0.29, 0.717) is 23.9 Å². The van der Waals surface area contributed by atoms with Gasteiger partial charge in [0.1, 0.15) is 5.82 Å². The van der Waals surface area contributed by atoms with Crippen LogP contribution in [0, 0.1) is 5.82 Å². The van der Waals surface area contributed by atoms with Crippen molar-refractivity contribution >= 4 is 0 Å². The van der Waals surface area contributed by atoms with Crippen molar-refractivity contribution in [1.29, 1.82) is 0 Å². The van der Waals surface area contributed by atoms with Gasteiger partial charge in [0.15, 0.2) is 0 Å². The molecule has 0 bridgehead atoms. The fourth-order valence-corrected chi connectivity index (χ4v) is 2.54. The molecule has 0 N–H and O–H groups in total. The summed E-state index contributed by atoms with van der Waals surface area (Å²) in [5.41, 5.74) is 0.625. The molecule has 2 aromatic rings. The van der Waals surface area contributed by atoms with Crippen LogP contribution in [0.4, 0.5) is 4.39 Å². The zero-order chi connectivity index (χ0) is 13.8. The highest BCUT2D eigenvalue weighted by Crippen LogP contribution is 2.20. The standard InChI is InChI=1S/C15H18FN3O/c16-13-7-5-6-12(10-13)15-18-17-14(20-15)11-19-8-3-1-2-4-9-19/h5-7,10H,1-4,8-9,11H2. The van der Waals surface area contributed by atoms with Gasteiger partial charge in [-0.25, -0.2) is 4.39 Å². The van der Waals surface area contributed by atoms with Gasteiger partial charge in [-0.1, -0.05) is 18.9 Å². The first kappa shape index (κ1) is 13.2. The van der Waals surface area contributed by atoms with Crippen molar-refractivity contribution in [1.82, 2.24) is 15.1 Å². The molecular formula is C15H18FN3O. The smallest absolute Gasteiger partial charge is 0.247 e. The van der Waals surface area contributed by atoms with E-state index in [1.165, 1.54) is 37.8 Å². The largest absolute Gasteiger partial charge is 0.419 e. The Morgan fingerprint density at radius 2 is 1.90 bits per heavy atom. The van der Waals surface area contributed by atoms with Crippen LogP contribution in [0.5, 0.6) is 0 Å². The van der Waals surface area contributed by atoms with Crippen molar-refractivity contribution in [3.8, 4) is 11.5 Å². The fraction of sp³-hybridized carbons (Fsp3) is 0.467. The summed E-state index contributed by atoms with van der Waals surface area (Å²) in [6.45, 7) is 2.84. The predicted molar refractivity (Wildman–Crippen MR) is 73.4 cm³/mol. The maximum atomic E-state index is 13.2. The van der Waals surface area contributed by atoms with E-state index >= 15 is 0 Å². The maximum absolute atomic E-state index is 13.2. The molecule has 3 rings (SSSR count). The molecule has 106 valence electrons. The first-order valence-corrected chi connectivity index (χ1v) is 7.12. The topological polar surface area (TPSA) is 42.2 Å². The highest BCUT2D eigenvalue weighted by atomic mass is 19.1. The average Bonchev–Trinajstić information content (AvgIpc) is 2.75. The minimum Gasteiger partial charge on any atom is -0.419 e. The Labute approximate surface area is 117 Å². The van der Waals surface area contributed by atoms with Crippen LogP contribution in [-0.4, -0.2) is 28.2 Å². The van der Waals surface area contributed by atoms with Gasteiger partial charge in [0.05, 0.1) is 6.54 Å². The van der Waals surface area contributed by atoms with E-state index < -0.39 is 0 Å². The third kappa shape index (κ3) is 3.22. The lowest BCUT2D eigenvalue weighted by Gasteiger charge is -2.16. The third-order valence-electron chi connectivity index (χ3n) is 3.60. The molecular weight excluding hydrogens is 257 g/mol. The van der Waals surface area contributed by atoms with Crippen molar-refractivity contribution in [2.45, 2.75) is 32.2 Å². The van der Waals surface area contributed by atoms with Crippen LogP contribution in [0.25, 0.3) is 11.5 Å². The molecule has 1 aliphatic heterocycles. The van der Waals surface area contributed by atoms with Crippen LogP contribution in [0.2, 0.25) is 0 Å². The SMILES string of the molecule is Fc1cccc(-c2nnc(CN3CCCCCC3)o2)c1. The first-order chi connectivity index (χ1) is 9.81. The van der Waals surface area contributed by atoms with Gasteiger partial charge in [0.2, 0.25) is 11.8 Å². The van der Waals surface area contributed by atoms with Gasteiger partial charge in [-0.15, -0.1) is 10.2 Å². The number of likely N-dealkylation sites (tertiary alicyclic amines) is 1. The quantitative estimate of drug-likeness (QED) is 0.862. The minimum absolute atomic E-state index is 0.297. The maximum Gasteiger partial charge on any atom is 0.247 e. The van der Waals surface area contributed by atoms with Crippen molar-refractivity contribution in [3.63, 3.8) is 0 Å². The van der Waals surface area contributed by atoms with Crippen LogP contribution in [-0.2, 0) is 6.54 Å². The molecule has 1 aromatic heterocycles. The first-order valence-electron chi connectivity index (χ1n) is 7.12. The van der Waals surface area contributed by atoms with Gasteiger partial charge in [0.25, 0.3) is 0 Å². The van der Waals surface area contributed by atoms with Crippen molar-refractivity contribution in [2.75, 3.05) is 13.1 Å². The second kappa shape index (κ2) is 6.13. The molecule has 0 radical (unpaired) electrons. The summed E-state index contributed by atoms with van der Waals surface area (Å²) in [6, 6.07) is 6.22. The molecule has 1 aromatic carbocycles. The highest BCUT2D eigenvalue weighted by Gasteiger charge is 2.14. The summed E-state index contributed by atoms with van der Waals surface area (Å²) in [6.07, 6.45) is 5.06. The number of hydrogen-bond acceptors (Lipinski definition) is 4. The number of rotatable bonds is 3. The van der Waals surface area contributed by atoms with Gasteiger partial charge in [-0.05, 0) is 44.1 Å². The van der Waals surface area contributed by atoms with Gasteiger partial charge in [-0.2, -0.15) is 0 Å². The molecule has 20 heavy (non-hydrogen) atoms. The molecule has 1 aliphatic rings. The Kier molecular flexibility index (Phi) is 4.06. The lowest BCUT2D eigenvalue weighted by Crippen LogP contribution is -2.24. The van der Waals surface area contributed by atoms with Crippen LogP contribution < -0.4 is 0 Å². The minimum atomic E-state index is -0.297. The van der Waals surface area contributed by atoms with Crippen LogP contribution in [0.1, 0.15) is 31.6 Å². The molecule has 0 saturated carbocycles. The zero-order valence-corrected chi connectivity index (χ0v) is 11.4. The van der Waals surface area contributed by atoms with Crippen molar-refractivity contribution in [3.05, 3.63) is 36.0 Å². The Balaban J connectivity index is 1.70. The van der Waals surface area contributed by atoms with E-state index in [4.69, 9.17) is 4.42 Å². The molecule has 0 amide bonds. The summed E-state index contributed by atoms with van der Waals surface area (Å²) >= 11 is 0. The lowest BCUT2D eigenvalue weighted by molar-refractivity contribution is 0.249. The Hall–Kier alpha value is -1.75. The summed E-state index contributed by atoms with van der Waals surface area (Å²) in [5, 5.41) is 8.07. The Morgan fingerprint density at radius 1 is 1.10 bits per heavy atom. The number of aromatic nitrogens is 2. The number of hydrogen-bond donors (Lipinski definition) is 0. The molecule has 1 saturated heterocycles. The Morgan fingerprint density at radius 3 is 2.65 bits per heavy atom. The molecule has 4 nitrogen and oxygen atoms in total. The summed E-state index contributed by atoms with van der Waals surface area (Å²) < 4.78 is 18.8. The normalized spacial score (nSPS) is 17.1. The van der Waals surface area contributed by atoms with E-state index in [1.807, 2.05) is 0 Å². The Bertz CT molecular complexity index is 562. The van der Waals surface area contributed by atoms with E-state index in [2.05, 4.69) is 15.1 Å². The van der Waals surface area contributed by atoms with Gasteiger partial charge in [-0.3, -0.25) is 4.90 Å². The third-order valence-corrected chi connectivity index (χ3v) is 3.60. The summed E-state index contributed by atoms with van der Waals surface area (Å²) in [7, 11) is 0. The second-order valence-electron chi connectivity index (χ2n) is 5.20. The molecule has 0 atom stereocenters. The number of nitrogens with zero attached hydrogens (tertiary/aromatic N) is 3. The monoisotopic (exact) mass is 275 g/mol. The van der Waals surface area contributed by atoms with E-state index in [-0.39, 0.29) is 5.82 Å². The van der Waals surface area contributed by atoms with E-state index in [0.717, 1.165) is 13.1 Å². The van der Waals surface area contributed by atoms with Gasteiger partial charge < -0.3 is 4.42 Å². The molecule has 1 fully saturated rings. The predicted octanol–water partition coefficient (Wildman–Crippen LogP) is 3.25. The molecule has 5 heteroatoms. The molecule has 0 spiro atoms. The highest BCUT2D eigenvalue weighted by molar-refractivity contribution is 5.52. The van der Waals surface area contributed by atoms with Crippen LogP contribution >= 0.6 is 0 Å².